The van der Waals surface area contributed by atoms with Crippen molar-refractivity contribution in [2.75, 3.05) is 0 Å². The SMILES string of the molecule is CCn1nc(-c2ccc(C)c(C)c2)cc(C(=O)O)c1=O. The summed E-state index contributed by atoms with van der Waals surface area (Å²) < 4.78 is 1.17. The molecule has 0 spiro atoms. The Morgan fingerprint density at radius 2 is 1.95 bits per heavy atom. The van der Waals surface area contributed by atoms with Gasteiger partial charge in [0.1, 0.15) is 5.56 Å². The average Bonchev–Trinajstić information content (AvgIpc) is 2.42. The van der Waals surface area contributed by atoms with Gasteiger partial charge in [0.15, 0.2) is 0 Å². The molecule has 0 bridgehead atoms. The highest BCUT2D eigenvalue weighted by molar-refractivity contribution is 5.88. The number of carbonyl (C=O) groups is 1. The number of hydrogen-bond donors (Lipinski definition) is 1. The van der Waals surface area contributed by atoms with E-state index in [-0.39, 0.29) is 5.56 Å². The predicted octanol–water partition coefficient (Wildman–Crippen LogP) is 2.25. The van der Waals surface area contributed by atoms with E-state index >= 15 is 0 Å². The van der Waals surface area contributed by atoms with Crippen LogP contribution in [0, 0.1) is 13.8 Å². The number of aromatic carboxylic acids is 1. The molecule has 2 aromatic rings. The number of hydrogen-bond acceptors (Lipinski definition) is 3. The summed E-state index contributed by atoms with van der Waals surface area (Å²) in [6.45, 7) is 6.07. The van der Waals surface area contributed by atoms with Gasteiger partial charge in [-0.25, -0.2) is 9.48 Å². The van der Waals surface area contributed by atoms with E-state index in [0.29, 0.717) is 12.2 Å². The Kier molecular flexibility index (Phi) is 3.70. The molecule has 1 N–H and O–H groups in total. The molecule has 1 aromatic carbocycles. The van der Waals surface area contributed by atoms with Crippen molar-refractivity contribution in [2.24, 2.45) is 0 Å². The minimum absolute atomic E-state index is 0.255. The van der Waals surface area contributed by atoms with Crippen molar-refractivity contribution in [3.63, 3.8) is 0 Å². The van der Waals surface area contributed by atoms with Crippen LogP contribution in [0.3, 0.4) is 0 Å². The lowest BCUT2D eigenvalue weighted by Crippen LogP contribution is -2.28. The Morgan fingerprint density at radius 1 is 1.25 bits per heavy atom. The first-order valence-electron chi connectivity index (χ1n) is 6.37. The molecule has 2 rings (SSSR count). The first-order chi connectivity index (χ1) is 9.43. The molecule has 0 fully saturated rings. The molecular formula is C15H16N2O3. The van der Waals surface area contributed by atoms with Gasteiger partial charge in [-0.15, -0.1) is 0 Å². The summed E-state index contributed by atoms with van der Waals surface area (Å²) in [5, 5.41) is 13.3. The topological polar surface area (TPSA) is 72.2 Å². The third kappa shape index (κ3) is 2.47. The van der Waals surface area contributed by atoms with Gasteiger partial charge in [-0.2, -0.15) is 5.10 Å². The minimum Gasteiger partial charge on any atom is -0.477 e. The molecule has 0 saturated carbocycles. The van der Waals surface area contributed by atoms with Crippen LogP contribution in [0.1, 0.15) is 28.4 Å². The van der Waals surface area contributed by atoms with E-state index in [2.05, 4.69) is 5.10 Å². The summed E-state index contributed by atoms with van der Waals surface area (Å²) in [5.41, 5.74) is 2.71. The summed E-state index contributed by atoms with van der Waals surface area (Å²) in [7, 11) is 0. The Morgan fingerprint density at radius 3 is 2.50 bits per heavy atom. The van der Waals surface area contributed by atoms with Crippen molar-refractivity contribution >= 4 is 5.97 Å². The van der Waals surface area contributed by atoms with Crippen LogP contribution in [-0.2, 0) is 6.54 Å². The molecule has 0 saturated heterocycles. The van der Waals surface area contributed by atoms with E-state index < -0.39 is 11.5 Å². The molecule has 104 valence electrons. The van der Waals surface area contributed by atoms with E-state index in [0.717, 1.165) is 16.7 Å². The van der Waals surface area contributed by atoms with Crippen molar-refractivity contribution in [3.8, 4) is 11.3 Å². The van der Waals surface area contributed by atoms with Gasteiger partial charge in [0.25, 0.3) is 5.56 Å². The second kappa shape index (κ2) is 5.28. The Hall–Kier alpha value is -2.43. The fourth-order valence-corrected chi connectivity index (χ4v) is 1.95. The number of aryl methyl sites for hydroxylation is 3. The smallest absolute Gasteiger partial charge is 0.341 e. The van der Waals surface area contributed by atoms with Crippen LogP contribution in [-0.4, -0.2) is 20.9 Å². The number of nitrogens with zero attached hydrogens (tertiary/aromatic N) is 2. The van der Waals surface area contributed by atoms with Crippen LogP contribution in [0.2, 0.25) is 0 Å². The lowest BCUT2D eigenvalue weighted by atomic mass is 10.0. The molecule has 0 radical (unpaired) electrons. The molecule has 5 nitrogen and oxygen atoms in total. The van der Waals surface area contributed by atoms with E-state index in [1.807, 2.05) is 32.0 Å². The van der Waals surface area contributed by atoms with Gasteiger partial charge in [-0.3, -0.25) is 4.79 Å². The zero-order valence-electron chi connectivity index (χ0n) is 11.7. The molecule has 0 aliphatic rings. The normalized spacial score (nSPS) is 10.6. The maximum Gasteiger partial charge on any atom is 0.341 e. The molecule has 1 heterocycles. The second-order valence-corrected chi connectivity index (χ2v) is 4.67. The maximum atomic E-state index is 11.9. The van der Waals surface area contributed by atoms with Crippen LogP contribution in [0.5, 0.6) is 0 Å². The summed E-state index contributed by atoms with van der Waals surface area (Å²) in [5.74, 6) is -1.23. The van der Waals surface area contributed by atoms with Gasteiger partial charge >= 0.3 is 5.97 Å². The first-order valence-corrected chi connectivity index (χ1v) is 6.37. The molecule has 0 amide bonds. The fraction of sp³-hybridized carbons (Fsp3) is 0.267. The summed E-state index contributed by atoms with van der Waals surface area (Å²) in [6.07, 6.45) is 0. The van der Waals surface area contributed by atoms with Crippen LogP contribution in [0.4, 0.5) is 0 Å². The monoisotopic (exact) mass is 272 g/mol. The number of carboxylic acid groups (broad SMARTS) is 1. The lowest BCUT2D eigenvalue weighted by molar-refractivity contribution is 0.0693. The second-order valence-electron chi connectivity index (χ2n) is 4.67. The highest BCUT2D eigenvalue weighted by atomic mass is 16.4. The van der Waals surface area contributed by atoms with Gasteiger partial charge in [-0.05, 0) is 44.0 Å². The third-order valence-corrected chi connectivity index (χ3v) is 3.31. The number of carboxylic acids is 1. The van der Waals surface area contributed by atoms with Gasteiger partial charge in [-0.1, -0.05) is 12.1 Å². The van der Waals surface area contributed by atoms with Crippen molar-refractivity contribution < 1.29 is 9.90 Å². The van der Waals surface area contributed by atoms with Crippen LogP contribution in [0.15, 0.2) is 29.1 Å². The zero-order valence-corrected chi connectivity index (χ0v) is 11.7. The van der Waals surface area contributed by atoms with Crippen LogP contribution < -0.4 is 5.56 Å². The number of rotatable bonds is 3. The van der Waals surface area contributed by atoms with Crippen molar-refractivity contribution in [1.82, 2.24) is 9.78 Å². The minimum atomic E-state index is -1.23. The Labute approximate surface area is 116 Å². The zero-order chi connectivity index (χ0) is 14.9. The summed E-state index contributed by atoms with van der Waals surface area (Å²) >= 11 is 0. The summed E-state index contributed by atoms with van der Waals surface area (Å²) in [6, 6.07) is 7.10. The van der Waals surface area contributed by atoms with Crippen LogP contribution >= 0.6 is 0 Å². The van der Waals surface area contributed by atoms with Gasteiger partial charge in [0.2, 0.25) is 0 Å². The van der Waals surface area contributed by atoms with E-state index in [9.17, 15) is 9.59 Å². The molecule has 0 unspecified atom stereocenters. The number of benzene rings is 1. The predicted molar refractivity (Wildman–Crippen MR) is 76.0 cm³/mol. The quantitative estimate of drug-likeness (QED) is 0.930. The largest absolute Gasteiger partial charge is 0.477 e. The molecule has 0 atom stereocenters. The Balaban J connectivity index is 2.68. The lowest BCUT2D eigenvalue weighted by Gasteiger charge is -2.09. The molecule has 0 aliphatic carbocycles. The maximum absolute atomic E-state index is 11.9. The van der Waals surface area contributed by atoms with Crippen LogP contribution in [0.25, 0.3) is 11.3 Å². The highest BCUT2D eigenvalue weighted by Crippen LogP contribution is 2.20. The van der Waals surface area contributed by atoms with E-state index in [4.69, 9.17) is 5.11 Å². The average molecular weight is 272 g/mol. The van der Waals surface area contributed by atoms with Crippen molar-refractivity contribution in [2.45, 2.75) is 27.3 Å². The molecule has 1 aromatic heterocycles. The Bertz CT molecular complexity index is 732. The summed E-state index contributed by atoms with van der Waals surface area (Å²) in [4.78, 5) is 23.0. The molecule has 5 heteroatoms. The van der Waals surface area contributed by atoms with Gasteiger partial charge in [0, 0.05) is 12.1 Å². The fourth-order valence-electron chi connectivity index (χ4n) is 1.95. The third-order valence-electron chi connectivity index (χ3n) is 3.31. The number of aromatic nitrogens is 2. The van der Waals surface area contributed by atoms with Gasteiger partial charge in [0.05, 0.1) is 5.69 Å². The highest BCUT2D eigenvalue weighted by Gasteiger charge is 2.14. The first kappa shape index (κ1) is 14.0. The van der Waals surface area contributed by atoms with E-state index in [1.54, 1.807) is 6.92 Å². The van der Waals surface area contributed by atoms with Gasteiger partial charge < -0.3 is 5.11 Å². The van der Waals surface area contributed by atoms with Crippen molar-refractivity contribution in [3.05, 3.63) is 51.3 Å². The van der Waals surface area contributed by atoms with E-state index in [1.165, 1.54) is 10.7 Å². The van der Waals surface area contributed by atoms with Crippen molar-refractivity contribution in [1.29, 1.82) is 0 Å². The molecular weight excluding hydrogens is 256 g/mol. The standard InChI is InChI=1S/C15H16N2O3/c1-4-17-14(18)12(15(19)20)8-13(16-17)11-6-5-9(2)10(3)7-11/h5-8H,4H2,1-3H3,(H,19,20). The molecule has 0 aliphatic heterocycles. The molecule has 20 heavy (non-hydrogen) atoms.